The lowest BCUT2D eigenvalue weighted by Crippen LogP contribution is -2.37. The Hall–Kier alpha value is -2.15. The number of nitro benzene ring substituents is 1. The zero-order valence-electron chi connectivity index (χ0n) is 10.8. The smallest absolute Gasteiger partial charge is 0.311 e. The number of ether oxygens (including phenoxy) is 1. The highest BCUT2D eigenvalue weighted by Crippen LogP contribution is 2.26. The maximum atomic E-state index is 11.9. The highest BCUT2D eigenvalue weighted by atomic mass is 16.6. The van der Waals surface area contributed by atoms with Gasteiger partial charge in [0.2, 0.25) is 0 Å². The molecule has 0 heterocycles. The van der Waals surface area contributed by atoms with Crippen LogP contribution in [-0.2, 0) is 4.74 Å². The first-order valence-electron chi connectivity index (χ1n) is 5.76. The van der Waals surface area contributed by atoms with E-state index in [1.165, 1.54) is 13.2 Å². The second kappa shape index (κ2) is 6.69. The zero-order valence-corrected chi connectivity index (χ0v) is 10.8. The Morgan fingerprint density at radius 2 is 2.26 bits per heavy atom. The van der Waals surface area contributed by atoms with Crippen LogP contribution in [0.5, 0.6) is 5.75 Å². The monoisotopic (exact) mass is 268 g/mol. The van der Waals surface area contributed by atoms with Gasteiger partial charge in [0.05, 0.1) is 17.6 Å². The Morgan fingerprint density at radius 1 is 1.58 bits per heavy atom. The lowest BCUT2D eigenvalue weighted by atomic mass is 10.1. The van der Waals surface area contributed by atoms with E-state index in [1.54, 1.807) is 0 Å². The molecule has 7 nitrogen and oxygen atoms in total. The fraction of sp³-hybridized carbons (Fsp3) is 0.417. The summed E-state index contributed by atoms with van der Waals surface area (Å²) in [6, 6.07) is 3.34. The third-order valence-electron chi connectivity index (χ3n) is 2.63. The minimum absolute atomic E-state index is 0.124. The number of phenols is 1. The van der Waals surface area contributed by atoms with E-state index in [9.17, 15) is 20.0 Å². The van der Waals surface area contributed by atoms with Gasteiger partial charge in [-0.3, -0.25) is 14.9 Å². The van der Waals surface area contributed by atoms with Crippen molar-refractivity contribution in [1.29, 1.82) is 0 Å². The van der Waals surface area contributed by atoms with E-state index in [1.807, 2.05) is 6.92 Å². The first kappa shape index (κ1) is 14.9. The molecule has 1 unspecified atom stereocenters. The molecule has 1 aromatic rings. The standard InChI is InChI=1S/C12H16N2O5/c1-3-9(7-19-2)13-12(16)8-4-5-11(15)10(6-8)14(17)18/h4-6,9,15H,3,7H2,1-2H3,(H,13,16). The number of nitrogens with zero attached hydrogens (tertiary/aromatic N) is 1. The molecular formula is C12H16N2O5. The number of hydrogen-bond donors (Lipinski definition) is 2. The number of aromatic hydroxyl groups is 1. The molecular weight excluding hydrogens is 252 g/mol. The van der Waals surface area contributed by atoms with Gasteiger partial charge in [-0.15, -0.1) is 0 Å². The minimum Gasteiger partial charge on any atom is -0.502 e. The van der Waals surface area contributed by atoms with Crippen LogP contribution in [0, 0.1) is 10.1 Å². The fourth-order valence-corrected chi connectivity index (χ4v) is 1.54. The summed E-state index contributed by atoms with van der Waals surface area (Å²) in [5, 5.41) is 22.7. The van der Waals surface area contributed by atoms with Gasteiger partial charge in [-0.05, 0) is 18.6 Å². The summed E-state index contributed by atoms with van der Waals surface area (Å²) < 4.78 is 4.95. The molecule has 1 rings (SSSR count). The van der Waals surface area contributed by atoms with Crippen molar-refractivity contribution in [2.24, 2.45) is 0 Å². The van der Waals surface area contributed by atoms with Crippen LogP contribution in [0.3, 0.4) is 0 Å². The molecule has 0 radical (unpaired) electrons. The Labute approximate surface area is 110 Å². The maximum absolute atomic E-state index is 11.9. The molecule has 0 fully saturated rings. The number of phenolic OH excluding ortho intramolecular Hbond substituents is 1. The number of nitro groups is 1. The SMILES string of the molecule is CCC(COC)NC(=O)c1ccc(O)c([N+](=O)[O-])c1. The van der Waals surface area contributed by atoms with Crippen molar-refractivity contribution in [1.82, 2.24) is 5.32 Å². The van der Waals surface area contributed by atoms with Gasteiger partial charge in [-0.1, -0.05) is 6.92 Å². The Balaban J connectivity index is 2.88. The van der Waals surface area contributed by atoms with Gasteiger partial charge >= 0.3 is 5.69 Å². The first-order valence-corrected chi connectivity index (χ1v) is 5.76. The van der Waals surface area contributed by atoms with Gasteiger partial charge in [-0.25, -0.2) is 0 Å². The predicted molar refractivity (Wildman–Crippen MR) is 68.2 cm³/mol. The van der Waals surface area contributed by atoms with Crippen LogP contribution in [0.2, 0.25) is 0 Å². The van der Waals surface area contributed by atoms with Crippen LogP contribution < -0.4 is 5.32 Å². The van der Waals surface area contributed by atoms with Crippen LogP contribution in [0.25, 0.3) is 0 Å². The second-order valence-electron chi connectivity index (χ2n) is 3.99. The van der Waals surface area contributed by atoms with Crippen molar-refractivity contribution < 1.29 is 19.6 Å². The molecule has 0 aromatic heterocycles. The molecule has 1 aromatic carbocycles. The maximum Gasteiger partial charge on any atom is 0.311 e. The van der Waals surface area contributed by atoms with Crippen LogP contribution in [0.4, 0.5) is 5.69 Å². The van der Waals surface area contributed by atoms with Crippen molar-refractivity contribution in [2.75, 3.05) is 13.7 Å². The van der Waals surface area contributed by atoms with Gasteiger partial charge in [0.25, 0.3) is 5.91 Å². The van der Waals surface area contributed by atoms with E-state index >= 15 is 0 Å². The van der Waals surface area contributed by atoms with Gasteiger partial charge in [0.15, 0.2) is 5.75 Å². The molecule has 0 aliphatic carbocycles. The Kier molecular flexibility index (Phi) is 5.25. The average Bonchev–Trinajstić information content (AvgIpc) is 2.38. The van der Waals surface area contributed by atoms with Crippen molar-refractivity contribution in [2.45, 2.75) is 19.4 Å². The van der Waals surface area contributed by atoms with Crippen molar-refractivity contribution in [3.63, 3.8) is 0 Å². The summed E-state index contributed by atoms with van der Waals surface area (Å²) in [4.78, 5) is 21.8. The molecule has 19 heavy (non-hydrogen) atoms. The van der Waals surface area contributed by atoms with Crippen LogP contribution in [0.15, 0.2) is 18.2 Å². The van der Waals surface area contributed by atoms with E-state index in [-0.39, 0.29) is 11.6 Å². The normalized spacial score (nSPS) is 11.9. The summed E-state index contributed by atoms with van der Waals surface area (Å²) in [7, 11) is 1.53. The molecule has 0 saturated heterocycles. The van der Waals surface area contributed by atoms with Crippen LogP contribution in [-0.4, -0.2) is 35.7 Å². The number of hydrogen-bond acceptors (Lipinski definition) is 5. The zero-order chi connectivity index (χ0) is 14.4. The molecule has 1 atom stereocenters. The molecule has 0 bridgehead atoms. The third-order valence-corrected chi connectivity index (χ3v) is 2.63. The highest BCUT2D eigenvalue weighted by molar-refractivity contribution is 5.95. The number of carbonyl (C=O) groups excluding carboxylic acids is 1. The summed E-state index contributed by atoms with van der Waals surface area (Å²) in [6.45, 7) is 2.26. The summed E-state index contributed by atoms with van der Waals surface area (Å²) >= 11 is 0. The Morgan fingerprint density at radius 3 is 2.79 bits per heavy atom. The van der Waals surface area contributed by atoms with Crippen molar-refractivity contribution in [3.05, 3.63) is 33.9 Å². The molecule has 0 aliphatic rings. The van der Waals surface area contributed by atoms with Gasteiger partial charge < -0.3 is 15.2 Å². The first-order chi connectivity index (χ1) is 8.99. The van der Waals surface area contributed by atoms with Crippen LogP contribution >= 0.6 is 0 Å². The molecule has 0 saturated carbocycles. The number of rotatable bonds is 6. The highest BCUT2D eigenvalue weighted by Gasteiger charge is 2.18. The Bertz CT molecular complexity index is 475. The number of benzene rings is 1. The number of carbonyl (C=O) groups is 1. The van der Waals surface area contributed by atoms with Gasteiger partial charge in [-0.2, -0.15) is 0 Å². The number of methoxy groups -OCH3 is 1. The van der Waals surface area contributed by atoms with Gasteiger partial charge in [0.1, 0.15) is 0 Å². The van der Waals surface area contributed by atoms with Gasteiger partial charge in [0, 0.05) is 18.7 Å². The minimum atomic E-state index is -0.738. The number of nitrogens with one attached hydrogen (secondary N) is 1. The molecule has 104 valence electrons. The molecule has 2 N–H and O–H groups in total. The third kappa shape index (κ3) is 3.92. The lowest BCUT2D eigenvalue weighted by Gasteiger charge is -2.15. The van der Waals surface area contributed by atoms with E-state index in [0.717, 1.165) is 12.1 Å². The predicted octanol–water partition coefficient (Wildman–Crippen LogP) is 1.46. The number of amides is 1. The van der Waals surface area contributed by atoms with E-state index in [2.05, 4.69) is 5.32 Å². The molecule has 0 spiro atoms. The van der Waals surface area contributed by atoms with Crippen molar-refractivity contribution in [3.8, 4) is 5.75 Å². The van der Waals surface area contributed by atoms with Crippen molar-refractivity contribution >= 4 is 11.6 Å². The average molecular weight is 268 g/mol. The largest absolute Gasteiger partial charge is 0.502 e. The van der Waals surface area contributed by atoms with E-state index in [4.69, 9.17) is 4.74 Å². The van der Waals surface area contributed by atoms with E-state index in [0.29, 0.717) is 13.0 Å². The fourth-order valence-electron chi connectivity index (χ4n) is 1.54. The summed E-state index contributed by atoms with van der Waals surface area (Å²) in [5.41, 5.74) is -0.369. The molecule has 0 aliphatic heterocycles. The quantitative estimate of drug-likeness (QED) is 0.600. The van der Waals surface area contributed by atoms with E-state index < -0.39 is 22.3 Å². The lowest BCUT2D eigenvalue weighted by molar-refractivity contribution is -0.385. The van der Waals surface area contributed by atoms with Crippen LogP contribution in [0.1, 0.15) is 23.7 Å². The summed E-state index contributed by atoms with van der Waals surface area (Å²) in [5.74, 6) is -0.905. The second-order valence-corrected chi connectivity index (χ2v) is 3.99. The topological polar surface area (TPSA) is 102 Å². The molecule has 7 heteroatoms. The summed E-state index contributed by atoms with van der Waals surface area (Å²) in [6.07, 6.45) is 0.680. The molecule has 1 amide bonds.